The molecule has 12 aromatic carbocycles. The SMILES string of the molecule is CC(c1ccccc1)N1C(=O)c2ccc3c4c(F)cc5c6c(ccc(c7c(F)cc(c2c37)C1=O)c64)C(=O)N(C(C)c1ccccc1)C5=O.CCN1C(=O)c2ccc3c4c(F)cc5c6c(cc(F)c(c7ccc(c2c37)C1=O)c64)C(=O)N(CC)C5=O. The van der Waals surface area contributed by atoms with Crippen LogP contribution in [-0.4, -0.2) is 79.9 Å². The van der Waals surface area contributed by atoms with Gasteiger partial charge in [-0.25, -0.2) is 17.6 Å². The zero-order valence-corrected chi connectivity index (χ0v) is 44.8. The van der Waals surface area contributed by atoms with Gasteiger partial charge in [-0.15, -0.1) is 0 Å². The van der Waals surface area contributed by atoms with Crippen molar-refractivity contribution in [2.75, 3.05) is 13.1 Å². The van der Waals surface area contributed by atoms with Gasteiger partial charge in [0.1, 0.15) is 23.3 Å². The Labute approximate surface area is 472 Å². The Balaban J connectivity index is 0.000000149. The molecule has 16 heteroatoms. The van der Waals surface area contributed by atoms with Gasteiger partial charge in [0.15, 0.2) is 0 Å². The molecule has 84 heavy (non-hydrogen) atoms. The normalized spacial score (nSPS) is 15.7. The summed E-state index contributed by atoms with van der Waals surface area (Å²) in [5.74, 6) is -7.52. The molecule has 0 aromatic heterocycles. The van der Waals surface area contributed by atoms with Gasteiger partial charge < -0.3 is 0 Å². The predicted octanol–water partition coefficient (Wildman–Crippen LogP) is 14.0. The number of halogens is 4. The molecule has 4 aliphatic rings. The van der Waals surface area contributed by atoms with Crippen molar-refractivity contribution < 1.29 is 55.9 Å². The number of benzene rings is 12. The minimum Gasteiger partial charge on any atom is -0.275 e. The summed E-state index contributed by atoms with van der Waals surface area (Å²) >= 11 is 0. The third-order valence-corrected chi connectivity index (χ3v) is 17.7. The summed E-state index contributed by atoms with van der Waals surface area (Å²) in [5, 5.41) is 3.71. The van der Waals surface area contributed by atoms with E-state index in [0.29, 0.717) is 21.5 Å². The molecule has 0 N–H and O–H groups in total. The highest BCUT2D eigenvalue weighted by Crippen LogP contribution is 2.51. The van der Waals surface area contributed by atoms with E-state index in [9.17, 15) is 38.4 Å². The lowest BCUT2D eigenvalue weighted by molar-refractivity contribution is 0.0534. The van der Waals surface area contributed by atoms with Crippen LogP contribution in [0.25, 0.3) is 86.2 Å². The van der Waals surface area contributed by atoms with Gasteiger partial charge in [-0.2, -0.15) is 0 Å². The third kappa shape index (κ3) is 6.30. The van der Waals surface area contributed by atoms with Crippen molar-refractivity contribution in [1.29, 1.82) is 0 Å². The van der Waals surface area contributed by atoms with Crippen molar-refractivity contribution in [1.82, 2.24) is 19.6 Å². The molecular weight excluding hydrogens is 1080 g/mol. The molecule has 0 bridgehead atoms. The van der Waals surface area contributed by atoms with Crippen LogP contribution in [0.1, 0.15) is 134 Å². The van der Waals surface area contributed by atoms with Gasteiger partial charge in [-0.1, -0.05) is 84.9 Å². The lowest BCUT2D eigenvalue weighted by Gasteiger charge is -2.34. The van der Waals surface area contributed by atoms with Crippen LogP contribution in [-0.2, 0) is 0 Å². The van der Waals surface area contributed by atoms with E-state index in [1.807, 2.05) is 60.7 Å². The zero-order valence-electron chi connectivity index (χ0n) is 44.8. The smallest absolute Gasteiger partial charge is 0.262 e. The van der Waals surface area contributed by atoms with Gasteiger partial charge in [-0.05, 0) is 114 Å². The van der Waals surface area contributed by atoms with Crippen LogP contribution < -0.4 is 0 Å². The number of nitrogens with zero attached hydrogens (tertiary/aromatic N) is 4. The summed E-state index contributed by atoms with van der Waals surface area (Å²) in [6.45, 7) is 7.06. The average Bonchev–Trinajstić information content (AvgIpc) is 0.885. The summed E-state index contributed by atoms with van der Waals surface area (Å²) in [6, 6.07) is 33.9. The van der Waals surface area contributed by atoms with Crippen molar-refractivity contribution in [3.8, 4) is 0 Å². The lowest BCUT2D eigenvalue weighted by atomic mass is 9.81. The summed E-state index contributed by atoms with van der Waals surface area (Å²) in [6.07, 6.45) is 0. The van der Waals surface area contributed by atoms with E-state index in [1.54, 1.807) is 76.2 Å². The second kappa shape index (κ2) is 17.5. The number of rotatable bonds is 6. The maximum absolute atomic E-state index is 16.5. The molecule has 408 valence electrons. The second-order valence-electron chi connectivity index (χ2n) is 21.6. The van der Waals surface area contributed by atoms with Gasteiger partial charge in [0.05, 0.1) is 34.3 Å². The molecule has 0 fully saturated rings. The molecule has 12 nitrogen and oxygen atoms in total. The number of amides is 8. The molecule has 8 amide bonds. The van der Waals surface area contributed by atoms with E-state index in [2.05, 4.69) is 0 Å². The molecule has 0 aliphatic carbocycles. The van der Waals surface area contributed by atoms with E-state index >= 15 is 17.6 Å². The van der Waals surface area contributed by atoms with E-state index in [1.165, 1.54) is 0 Å². The highest BCUT2D eigenvalue weighted by molar-refractivity contribution is 6.43. The topological polar surface area (TPSA) is 150 Å². The van der Waals surface area contributed by atoms with E-state index in [-0.39, 0.29) is 122 Å². The molecule has 0 saturated heterocycles. The molecule has 2 unspecified atom stereocenters. The Bertz CT molecular complexity index is 4860. The molecule has 16 rings (SSSR count). The Morgan fingerprint density at radius 1 is 0.298 bits per heavy atom. The van der Waals surface area contributed by atoms with E-state index < -0.39 is 82.6 Å². The first-order valence-electron chi connectivity index (χ1n) is 27.2. The van der Waals surface area contributed by atoms with Gasteiger partial charge in [0.25, 0.3) is 47.3 Å². The number of carbonyl (C=O) groups excluding carboxylic acids is 8. The zero-order chi connectivity index (χ0) is 58.4. The van der Waals surface area contributed by atoms with Gasteiger partial charge in [-0.3, -0.25) is 58.0 Å². The van der Waals surface area contributed by atoms with E-state index in [0.717, 1.165) is 55.0 Å². The molecule has 4 heterocycles. The van der Waals surface area contributed by atoms with Crippen LogP contribution in [0.15, 0.2) is 133 Å². The molecule has 2 atom stereocenters. The number of imide groups is 4. The first-order chi connectivity index (χ1) is 40.5. The maximum Gasteiger partial charge on any atom is 0.262 e. The minimum absolute atomic E-state index is 0.00180. The van der Waals surface area contributed by atoms with Crippen molar-refractivity contribution in [3.63, 3.8) is 0 Å². The van der Waals surface area contributed by atoms with Crippen molar-refractivity contribution in [2.24, 2.45) is 0 Å². The maximum atomic E-state index is 16.5. The largest absolute Gasteiger partial charge is 0.275 e. The number of hydrogen-bond acceptors (Lipinski definition) is 8. The van der Waals surface area contributed by atoms with Crippen LogP contribution in [0.5, 0.6) is 0 Å². The highest BCUT2D eigenvalue weighted by Gasteiger charge is 2.43. The van der Waals surface area contributed by atoms with Gasteiger partial charge >= 0.3 is 0 Å². The summed E-state index contributed by atoms with van der Waals surface area (Å²) in [5.41, 5.74) is 2.48. The summed E-state index contributed by atoms with van der Waals surface area (Å²) < 4.78 is 64.7. The van der Waals surface area contributed by atoms with Crippen LogP contribution in [0.2, 0.25) is 0 Å². The first kappa shape index (κ1) is 50.5. The first-order valence-corrected chi connectivity index (χ1v) is 27.2. The standard InChI is InChI=1S/C40H24F2N2O4.C28H16F2N2O4/c1-19(21-9-5-3-6-10-21)43-37(45)25-15-13-23-34-30(42)18-28-32-26(38(46)44(40(28)48)20(2)22-11-7-4-8-12-22)16-14-24(36(32)34)33-29(41)17-27(39(43)47)31(25)35(23)33;1-3-31-25(33)13-7-5-11-19-12(6-8-14(20(13)19)26(31)34)23-18(30)10-16-21-15(9-17(29)22(11)24(21)23)27(35)32(4-2)28(16)36/h3-20H,1-2H3;5-10H,3-4H2,1-2H3. The molecule has 0 saturated carbocycles. The second-order valence-corrected chi connectivity index (χ2v) is 21.6. The third-order valence-electron chi connectivity index (χ3n) is 17.7. The van der Waals surface area contributed by atoms with Crippen LogP contribution >= 0.6 is 0 Å². The van der Waals surface area contributed by atoms with Gasteiger partial charge in [0, 0.05) is 94.6 Å². The molecule has 0 spiro atoms. The molecule has 4 aliphatic heterocycles. The Morgan fingerprint density at radius 3 is 0.905 bits per heavy atom. The van der Waals surface area contributed by atoms with Crippen LogP contribution in [0.3, 0.4) is 0 Å². The van der Waals surface area contributed by atoms with Crippen molar-refractivity contribution >= 4 is 133 Å². The Morgan fingerprint density at radius 2 is 0.560 bits per heavy atom. The molecular formula is C68H40F4N4O8. The summed E-state index contributed by atoms with van der Waals surface area (Å²) in [4.78, 5) is 113. The monoisotopic (exact) mass is 1120 g/mol. The number of hydrogen-bond donors (Lipinski definition) is 0. The Hall–Kier alpha value is -10.5. The predicted molar refractivity (Wildman–Crippen MR) is 308 cm³/mol. The molecule has 0 radical (unpaired) electrons. The van der Waals surface area contributed by atoms with Crippen molar-refractivity contribution in [3.05, 3.63) is 212 Å². The molecule has 12 aromatic rings. The minimum atomic E-state index is -0.746. The summed E-state index contributed by atoms with van der Waals surface area (Å²) in [7, 11) is 0. The van der Waals surface area contributed by atoms with Crippen molar-refractivity contribution in [2.45, 2.75) is 39.8 Å². The average molecular weight is 1120 g/mol. The lowest BCUT2D eigenvalue weighted by Crippen LogP contribution is -2.42. The van der Waals surface area contributed by atoms with Gasteiger partial charge in [0.2, 0.25) is 0 Å². The number of fused-ring (bicyclic) bond motifs is 4. The van der Waals surface area contributed by atoms with Crippen LogP contribution in [0, 0.1) is 23.3 Å². The fraction of sp³-hybridized carbons (Fsp3) is 0.118. The van der Waals surface area contributed by atoms with E-state index in [4.69, 9.17) is 0 Å². The Kier molecular flexibility index (Phi) is 10.5. The fourth-order valence-electron chi connectivity index (χ4n) is 13.9. The number of carbonyl (C=O) groups is 8. The fourth-order valence-corrected chi connectivity index (χ4v) is 13.9. The van der Waals surface area contributed by atoms with Crippen LogP contribution in [0.4, 0.5) is 17.6 Å². The highest BCUT2D eigenvalue weighted by atomic mass is 19.1. The quantitative estimate of drug-likeness (QED) is 0.0691.